The maximum absolute atomic E-state index is 14.0. The van der Waals surface area contributed by atoms with E-state index in [-0.39, 0.29) is 30.6 Å². The molecule has 7 heteroatoms. The number of hydrogen-bond acceptors (Lipinski definition) is 3. The van der Waals surface area contributed by atoms with Gasteiger partial charge in [0.2, 0.25) is 0 Å². The lowest BCUT2D eigenvalue weighted by molar-refractivity contribution is 0.167. The van der Waals surface area contributed by atoms with Crippen LogP contribution in [0.5, 0.6) is 0 Å². The van der Waals surface area contributed by atoms with Crippen LogP contribution in [0.1, 0.15) is 32.0 Å². The van der Waals surface area contributed by atoms with Gasteiger partial charge in [-0.25, -0.2) is 9.37 Å². The Labute approximate surface area is 162 Å². The summed E-state index contributed by atoms with van der Waals surface area (Å²) in [5, 5.41) is 3.24. The van der Waals surface area contributed by atoms with Crippen LogP contribution in [-0.4, -0.2) is 41.1 Å². The molecule has 0 atom stereocenters. The van der Waals surface area contributed by atoms with Gasteiger partial charge in [-0.2, -0.15) is 0 Å². The molecule has 0 radical (unpaired) electrons. The number of benzene rings is 1. The summed E-state index contributed by atoms with van der Waals surface area (Å²) in [6, 6.07) is 5.22. The molecule has 0 spiro atoms. The molecule has 1 aromatic heterocycles. The average Bonchev–Trinajstić information content (AvgIpc) is 2.93. The summed E-state index contributed by atoms with van der Waals surface area (Å²) in [6.07, 6.45) is 3.77. The van der Waals surface area contributed by atoms with Crippen LogP contribution in [0.3, 0.4) is 0 Å². The monoisotopic (exact) mass is 390 g/mol. The van der Waals surface area contributed by atoms with E-state index in [4.69, 9.17) is 0 Å². The Morgan fingerprint density at radius 3 is 2.60 bits per heavy atom. The minimum atomic E-state index is -0.221. The van der Waals surface area contributed by atoms with Crippen molar-refractivity contribution in [3.8, 4) is 0 Å². The summed E-state index contributed by atoms with van der Waals surface area (Å²) in [5.74, 6) is 1.60. The summed E-state index contributed by atoms with van der Waals surface area (Å²) in [6.45, 7) is 7.08. The fourth-order valence-corrected chi connectivity index (χ4v) is 3.62. The van der Waals surface area contributed by atoms with Crippen LogP contribution in [0.2, 0.25) is 0 Å². The number of fused-ring (bicyclic) bond motifs is 1. The van der Waals surface area contributed by atoms with Crippen molar-refractivity contribution >= 4 is 35.8 Å². The van der Waals surface area contributed by atoms with Crippen LogP contribution in [0.25, 0.3) is 11.0 Å². The zero-order chi connectivity index (χ0) is 16.2. The molecule has 0 unspecified atom stereocenters. The third-order valence-electron chi connectivity index (χ3n) is 5.00. The molecule has 0 amide bonds. The van der Waals surface area contributed by atoms with E-state index in [1.165, 1.54) is 25.3 Å². The van der Waals surface area contributed by atoms with Gasteiger partial charge in [0, 0.05) is 6.54 Å². The van der Waals surface area contributed by atoms with E-state index >= 15 is 0 Å². The predicted molar refractivity (Wildman–Crippen MR) is 106 cm³/mol. The molecule has 0 bridgehead atoms. The Hall–Kier alpha value is -0.880. The number of rotatable bonds is 6. The normalized spacial score (nSPS) is 15.8. The maximum Gasteiger partial charge on any atom is 0.151 e. The molecule has 1 fully saturated rings. The zero-order valence-corrected chi connectivity index (χ0v) is 16.6. The Kier molecular flexibility index (Phi) is 9.14. The van der Waals surface area contributed by atoms with E-state index in [0.29, 0.717) is 5.52 Å². The zero-order valence-electron chi connectivity index (χ0n) is 15.0. The minimum absolute atomic E-state index is 0. The third-order valence-corrected chi connectivity index (χ3v) is 5.00. The minimum Gasteiger partial charge on any atom is -0.327 e. The number of aromatic nitrogens is 2. The fraction of sp³-hybridized carbons (Fsp3) is 0.611. The van der Waals surface area contributed by atoms with Crippen molar-refractivity contribution in [2.24, 2.45) is 5.92 Å². The largest absolute Gasteiger partial charge is 0.327 e. The van der Waals surface area contributed by atoms with E-state index in [9.17, 15) is 4.39 Å². The highest BCUT2D eigenvalue weighted by Crippen LogP contribution is 2.24. The number of para-hydroxylation sites is 1. The van der Waals surface area contributed by atoms with Gasteiger partial charge in [-0.05, 0) is 70.9 Å². The van der Waals surface area contributed by atoms with Crippen LogP contribution < -0.4 is 5.32 Å². The van der Waals surface area contributed by atoms with Gasteiger partial charge in [0.1, 0.15) is 11.3 Å². The second-order valence-electron chi connectivity index (χ2n) is 6.49. The number of hydrogen-bond donors (Lipinski definition) is 1. The highest BCUT2D eigenvalue weighted by atomic mass is 35.5. The van der Waals surface area contributed by atoms with Crippen molar-refractivity contribution in [3.63, 3.8) is 0 Å². The van der Waals surface area contributed by atoms with Gasteiger partial charge in [-0.3, -0.25) is 4.90 Å². The molecule has 2 aromatic rings. The summed E-state index contributed by atoms with van der Waals surface area (Å²) < 4.78 is 16.1. The van der Waals surface area contributed by atoms with Crippen LogP contribution >= 0.6 is 24.8 Å². The quantitative estimate of drug-likeness (QED) is 0.812. The van der Waals surface area contributed by atoms with Crippen LogP contribution in [0.4, 0.5) is 4.39 Å². The smallest absolute Gasteiger partial charge is 0.151 e. The molecule has 0 aliphatic carbocycles. The lowest BCUT2D eigenvalue weighted by Crippen LogP contribution is -2.34. The van der Waals surface area contributed by atoms with Gasteiger partial charge in [0.15, 0.2) is 5.82 Å². The predicted octanol–water partition coefficient (Wildman–Crippen LogP) is 3.86. The van der Waals surface area contributed by atoms with Crippen LogP contribution in [-0.2, 0) is 13.1 Å². The van der Waals surface area contributed by atoms with E-state index < -0.39 is 0 Å². The summed E-state index contributed by atoms with van der Waals surface area (Å²) in [4.78, 5) is 7.04. The van der Waals surface area contributed by atoms with Crippen molar-refractivity contribution in [2.75, 3.05) is 26.7 Å². The van der Waals surface area contributed by atoms with E-state index in [1.807, 2.05) is 13.1 Å². The Balaban J connectivity index is 0.00000156. The molecule has 1 saturated heterocycles. The van der Waals surface area contributed by atoms with Crippen molar-refractivity contribution in [1.29, 1.82) is 0 Å². The van der Waals surface area contributed by atoms with Crippen LogP contribution in [0.15, 0.2) is 18.2 Å². The Bertz CT molecular complexity index is 654. The number of piperidine rings is 1. The molecular weight excluding hydrogens is 362 g/mol. The maximum atomic E-state index is 14.0. The van der Waals surface area contributed by atoms with Gasteiger partial charge in [-0.1, -0.05) is 6.07 Å². The van der Waals surface area contributed by atoms with Gasteiger partial charge in [-0.15, -0.1) is 24.8 Å². The highest BCUT2D eigenvalue weighted by Gasteiger charge is 2.21. The topological polar surface area (TPSA) is 33.1 Å². The second kappa shape index (κ2) is 10.3. The first-order valence-electron chi connectivity index (χ1n) is 8.73. The SMILES string of the molecule is CCn1c(CN2CCC(CCNC)CC2)nc2c(F)cccc21.Cl.Cl. The number of nitrogens with zero attached hydrogens (tertiary/aromatic N) is 3. The molecule has 4 nitrogen and oxygen atoms in total. The van der Waals surface area contributed by atoms with Crippen molar-refractivity contribution in [1.82, 2.24) is 19.8 Å². The molecule has 1 aliphatic heterocycles. The summed E-state index contributed by atoms with van der Waals surface area (Å²) in [7, 11) is 2.02. The Morgan fingerprint density at radius 1 is 1.24 bits per heavy atom. The first-order valence-corrected chi connectivity index (χ1v) is 8.73. The molecule has 1 aromatic carbocycles. The van der Waals surface area contributed by atoms with Crippen molar-refractivity contribution < 1.29 is 4.39 Å². The van der Waals surface area contributed by atoms with Crippen LogP contribution in [0, 0.1) is 11.7 Å². The van der Waals surface area contributed by atoms with Gasteiger partial charge in [0.05, 0.1) is 12.1 Å². The van der Waals surface area contributed by atoms with Gasteiger partial charge >= 0.3 is 0 Å². The summed E-state index contributed by atoms with van der Waals surface area (Å²) >= 11 is 0. The number of likely N-dealkylation sites (tertiary alicyclic amines) is 1. The van der Waals surface area contributed by atoms with E-state index in [0.717, 1.165) is 50.0 Å². The summed E-state index contributed by atoms with van der Waals surface area (Å²) in [5.41, 5.74) is 1.42. The number of nitrogens with one attached hydrogen (secondary N) is 1. The fourth-order valence-electron chi connectivity index (χ4n) is 3.62. The average molecular weight is 391 g/mol. The highest BCUT2D eigenvalue weighted by molar-refractivity contribution is 5.85. The van der Waals surface area contributed by atoms with Gasteiger partial charge < -0.3 is 9.88 Å². The molecule has 1 aliphatic rings. The number of aryl methyl sites for hydroxylation is 1. The van der Waals surface area contributed by atoms with E-state index in [1.54, 1.807) is 6.07 Å². The number of halogens is 3. The molecule has 1 N–H and O–H groups in total. The Morgan fingerprint density at radius 2 is 1.96 bits per heavy atom. The lowest BCUT2D eigenvalue weighted by Gasteiger charge is -2.31. The molecule has 3 rings (SSSR count). The molecule has 142 valence electrons. The third kappa shape index (κ3) is 5.07. The molecule has 2 heterocycles. The lowest BCUT2D eigenvalue weighted by atomic mass is 9.93. The molecular formula is C18H29Cl2FN4. The standard InChI is InChI=1S/C18H27FN4.2ClH/c1-3-23-16-6-4-5-15(19)18(16)21-17(23)13-22-11-8-14(9-12-22)7-10-20-2;;/h4-6,14,20H,3,7-13H2,1-2H3;2*1H. The second-order valence-corrected chi connectivity index (χ2v) is 6.49. The molecule has 25 heavy (non-hydrogen) atoms. The number of imidazole rings is 1. The first kappa shape index (κ1) is 22.2. The van der Waals surface area contributed by atoms with Gasteiger partial charge in [0.25, 0.3) is 0 Å². The van der Waals surface area contributed by atoms with Crippen molar-refractivity contribution in [2.45, 2.75) is 39.3 Å². The molecule has 0 saturated carbocycles. The van der Waals surface area contributed by atoms with E-state index in [2.05, 4.69) is 26.7 Å². The first-order chi connectivity index (χ1) is 11.2. The van der Waals surface area contributed by atoms with Crippen molar-refractivity contribution in [3.05, 3.63) is 29.8 Å².